The quantitative estimate of drug-likeness (QED) is 0.186. The molecule has 5 aliphatic carbocycles. The van der Waals surface area contributed by atoms with Crippen LogP contribution in [0.1, 0.15) is 129 Å². The van der Waals surface area contributed by atoms with Crippen molar-refractivity contribution in [1.29, 1.82) is 0 Å². The smallest absolute Gasteiger partial charge is 0.335 e. The first kappa shape index (κ1) is 54.8. The molecule has 1 heterocycles. The molecule has 4 unspecified atom stereocenters. The SMILES string of the molecule is C#C.C#C.C#C.C=CC.CC.CC1(C)C(c2ccc(C(=O)O)cc2)=CC[C@@]2(C)C1CC[C@@]1(C)C3CC[C@@]4(NCCN5CCN(S(=O)(=O)CS(C)(=O)=O)CC5)CCCC4[C@H]3CCC12. The van der Waals surface area contributed by atoms with Crippen molar-refractivity contribution in [3.05, 3.63) is 54.1 Å². The highest BCUT2D eigenvalue weighted by atomic mass is 32.3. The number of carboxylic acids is 1. The topological polar surface area (TPSA) is 124 Å². The van der Waals surface area contributed by atoms with Gasteiger partial charge in [0.1, 0.15) is 0 Å². The molecule has 1 aromatic carbocycles. The minimum absolute atomic E-state index is 0.0179. The van der Waals surface area contributed by atoms with Crippen LogP contribution in [0.5, 0.6) is 0 Å². The number of hydrogen-bond acceptors (Lipinski definition) is 7. The molecule has 346 valence electrons. The van der Waals surface area contributed by atoms with E-state index < -0.39 is 30.9 Å². The maximum absolute atomic E-state index is 12.6. The molecule has 9 nitrogen and oxygen atoms in total. The van der Waals surface area contributed by atoms with Gasteiger partial charge in [0.2, 0.25) is 10.0 Å². The van der Waals surface area contributed by atoms with E-state index in [1.54, 1.807) is 18.2 Å². The number of piperazine rings is 1. The predicted molar refractivity (Wildman–Crippen MR) is 259 cm³/mol. The van der Waals surface area contributed by atoms with Crippen molar-refractivity contribution in [2.75, 3.05) is 50.6 Å². The van der Waals surface area contributed by atoms with Gasteiger partial charge in [0.05, 0.1) is 5.56 Å². The zero-order valence-electron chi connectivity index (χ0n) is 39.2. The van der Waals surface area contributed by atoms with E-state index in [0.29, 0.717) is 49.0 Å². The zero-order valence-corrected chi connectivity index (χ0v) is 40.9. The lowest BCUT2D eigenvalue weighted by molar-refractivity contribution is -0.172. The molecule has 1 saturated heterocycles. The fraction of sp³-hybridized carbons (Fsp3) is 0.667. The number of fused-ring (bicyclic) bond motifs is 7. The Labute approximate surface area is 378 Å². The fourth-order valence-electron chi connectivity index (χ4n) is 13.5. The summed E-state index contributed by atoms with van der Waals surface area (Å²) in [5, 5.41) is 12.8. The van der Waals surface area contributed by atoms with Crippen LogP contribution < -0.4 is 5.32 Å². The largest absolute Gasteiger partial charge is 0.478 e. The van der Waals surface area contributed by atoms with Gasteiger partial charge in [0.15, 0.2) is 14.9 Å². The molecule has 1 aromatic rings. The van der Waals surface area contributed by atoms with E-state index in [0.717, 1.165) is 43.5 Å². The molecule has 7 rings (SSSR count). The van der Waals surface area contributed by atoms with Gasteiger partial charge in [0, 0.05) is 51.1 Å². The highest BCUT2D eigenvalue weighted by molar-refractivity contribution is 8.06. The lowest BCUT2D eigenvalue weighted by atomic mass is 9.37. The monoisotopic (exact) mass is 894 g/mol. The van der Waals surface area contributed by atoms with Crippen LogP contribution in [-0.2, 0) is 19.9 Å². The third kappa shape index (κ3) is 11.5. The first-order valence-electron chi connectivity index (χ1n) is 22.6. The van der Waals surface area contributed by atoms with E-state index in [9.17, 15) is 26.7 Å². The van der Waals surface area contributed by atoms with Crippen molar-refractivity contribution in [1.82, 2.24) is 14.5 Å². The van der Waals surface area contributed by atoms with Crippen LogP contribution in [0.15, 0.2) is 43.0 Å². The Kier molecular flexibility index (Phi) is 20.3. The Bertz CT molecular complexity index is 1930. The molecule has 0 radical (unpaired) electrons. The summed E-state index contributed by atoms with van der Waals surface area (Å²) in [6.07, 6.45) is 42.0. The van der Waals surface area contributed by atoms with Gasteiger partial charge in [-0.05, 0) is 134 Å². The van der Waals surface area contributed by atoms with E-state index >= 15 is 0 Å². The Morgan fingerprint density at radius 1 is 0.823 bits per heavy atom. The lowest BCUT2D eigenvalue weighted by Crippen LogP contribution is -2.64. The van der Waals surface area contributed by atoms with Gasteiger partial charge in [-0.2, -0.15) is 4.31 Å². The number of rotatable bonds is 9. The number of sulfonamides is 1. The second-order valence-electron chi connectivity index (χ2n) is 18.9. The van der Waals surface area contributed by atoms with E-state index in [1.165, 1.54) is 73.2 Å². The molecule has 0 amide bonds. The molecule has 0 aromatic heterocycles. The molecular formula is C51H79N3O6S2. The summed E-state index contributed by atoms with van der Waals surface area (Å²) in [5.74, 6) is 2.69. The molecule has 6 aliphatic rings. The van der Waals surface area contributed by atoms with Gasteiger partial charge in [-0.25, -0.2) is 21.6 Å². The Morgan fingerprint density at radius 2 is 1.40 bits per heavy atom. The molecule has 62 heavy (non-hydrogen) atoms. The number of allylic oxidation sites excluding steroid dienone is 3. The number of aromatic carboxylic acids is 1. The summed E-state index contributed by atoms with van der Waals surface area (Å²) in [4.78, 5) is 13.8. The highest BCUT2D eigenvalue weighted by Crippen LogP contribution is 2.72. The normalized spacial score (nSPS) is 32.1. The highest BCUT2D eigenvalue weighted by Gasteiger charge is 2.65. The molecule has 1 aliphatic heterocycles. The van der Waals surface area contributed by atoms with Crippen LogP contribution in [0.25, 0.3) is 5.57 Å². The number of nitrogens with one attached hydrogen (secondary N) is 1. The Hall–Kier alpha value is -3.37. The van der Waals surface area contributed by atoms with Crippen molar-refractivity contribution < 1.29 is 26.7 Å². The summed E-state index contributed by atoms with van der Waals surface area (Å²) in [7, 11) is -7.39. The molecule has 0 bridgehead atoms. The maximum atomic E-state index is 12.6. The number of terminal acetylenes is 3. The van der Waals surface area contributed by atoms with Crippen LogP contribution in [0.2, 0.25) is 0 Å². The van der Waals surface area contributed by atoms with Crippen LogP contribution in [0.4, 0.5) is 0 Å². The van der Waals surface area contributed by atoms with Crippen molar-refractivity contribution in [3.8, 4) is 38.5 Å². The van der Waals surface area contributed by atoms with Gasteiger partial charge in [-0.15, -0.1) is 45.1 Å². The first-order valence-corrected chi connectivity index (χ1v) is 26.2. The molecule has 2 N–H and O–H groups in total. The number of nitrogens with zero attached hydrogens (tertiary/aromatic N) is 2. The predicted octanol–water partition coefficient (Wildman–Crippen LogP) is 9.10. The van der Waals surface area contributed by atoms with Crippen molar-refractivity contribution in [2.45, 2.75) is 118 Å². The van der Waals surface area contributed by atoms with Gasteiger partial charge < -0.3 is 10.4 Å². The standard InChI is InChI=1S/C40H61N3O6S2.C3H6.C2H6.3C2H2/c1-37(2)31(28-8-10-29(11-9-28)36(44)45)14-18-39(4)34(37)16-19-38(3)32-15-20-40(17-6-7-33(40)30(32)12-13-35(38)39)41-21-22-42-23-25-43(26-24-42)51(48,49)27-50(5,46)47;1-3-2;4*1-2/h8-11,14,30,32-35,41H,6-7,12-13,15-27H2,1-5H3,(H,44,45);3H,1H2,2H3;1-2H3;3*1-2H/t30-,32?,33?,34?,35?,38-,39-,40-;;;;;/m0...../s1. The van der Waals surface area contributed by atoms with Gasteiger partial charge in [-0.3, -0.25) is 4.90 Å². The summed E-state index contributed by atoms with van der Waals surface area (Å²) in [6, 6.07) is 7.53. The fourth-order valence-corrected chi connectivity index (χ4v) is 16.9. The zero-order chi connectivity index (χ0) is 47.3. The van der Waals surface area contributed by atoms with Crippen molar-refractivity contribution in [3.63, 3.8) is 0 Å². The Morgan fingerprint density at radius 3 is 1.95 bits per heavy atom. The average Bonchev–Trinajstić information content (AvgIpc) is 3.68. The summed E-state index contributed by atoms with van der Waals surface area (Å²) in [6.45, 7) is 23.2. The molecule has 8 atom stereocenters. The van der Waals surface area contributed by atoms with Crippen molar-refractivity contribution in [2.24, 2.45) is 45.8 Å². The van der Waals surface area contributed by atoms with Gasteiger partial charge >= 0.3 is 5.97 Å². The number of benzene rings is 1. The summed E-state index contributed by atoms with van der Waals surface area (Å²) in [5.41, 5.74) is 3.73. The molecule has 5 fully saturated rings. The minimum Gasteiger partial charge on any atom is -0.478 e. The van der Waals surface area contributed by atoms with E-state index in [4.69, 9.17) is 0 Å². The van der Waals surface area contributed by atoms with E-state index in [2.05, 4.69) is 89.1 Å². The Balaban J connectivity index is 0.00000111. The van der Waals surface area contributed by atoms with Gasteiger partial charge in [0.25, 0.3) is 0 Å². The molecule has 11 heteroatoms. The van der Waals surface area contributed by atoms with E-state index in [1.807, 2.05) is 32.9 Å². The second kappa shape index (κ2) is 23.0. The van der Waals surface area contributed by atoms with E-state index in [-0.39, 0.29) is 16.4 Å². The summed E-state index contributed by atoms with van der Waals surface area (Å²) >= 11 is 0. The lowest BCUT2D eigenvalue weighted by Gasteiger charge is -2.68. The average molecular weight is 894 g/mol. The number of carboxylic acid groups (broad SMARTS) is 1. The molecular weight excluding hydrogens is 815 g/mol. The summed E-state index contributed by atoms with van der Waals surface area (Å²) < 4.78 is 49.8. The number of carbonyl (C=O) groups is 1. The molecule has 4 saturated carbocycles. The molecule has 0 spiro atoms. The minimum atomic E-state index is -3.79. The second-order valence-corrected chi connectivity index (χ2v) is 23.3. The van der Waals surface area contributed by atoms with Crippen LogP contribution >= 0.6 is 0 Å². The number of hydrogen-bond donors (Lipinski definition) is 2. The first-order chi connectivity index (χ1) is 29.3. The van der Waals surface area contributed by atoms with Crippen molar-refractivity contribution >= 4 is 31.4 Å². The third-order valence-electron chi connectivity index (χ3n) is 15.5. The van der Waals surface area contributed by atoms with Crippen LogP contribution in [0.3, 0.4) is 0 Å². The van der Waals surface area contributed by atoms with Gasteiger partial charge in [-0.1, -0.05) is 72.2 Å². The maximum Gasteiger partial charge on any atom is 0.335 e. The van der Waals surface area contributed by atoms with Crippen LogP contribution in [0, 0.1) is 84.4 Å². The number of sulfone groups is 1. The van der Waals surface area contributed by atoms with Crippen LogP contribution in [-0.4, -0.2) is 93.3 Å². The third-order valence-corrected chi connectivity index (χ3v) is 19.6.